The molecule has 1 saturated carbocycles. The maximum absolute atomic E-state index is 17.0. The molecule has 60 heavy (non-hydrogen) atoms. The number of benzene rings is 3. The number of esters is 1. The zero-order chi connectivity index (χ0) is 42.7. The van der Waals surface area contributed by atoms with Crippen LogP contribution in [0, 0.1) is 5.92 Å². The molecular formula is C43H51F2N6O8P. The van der Waals surface area contributed by atoms with Gasteiger partial charge in [0, 0.05) is 6.66 Å². The highest BCUT2D eigenvalue weighted by molar-refractivity contribution is 7.55. The summed E-state index contributed by atoms with van der Waals surface area (Å²) >= 11 is 0. The molecule has 2 aliphatic rings. The van der Waals surface area contributed by atoms with E-state index < -0.39 is 48.9 Å². The Morgan fingerprint density at radius 3 is 2.20 bits per heavy atom. The lowest BCUT2D eigenvalue weighted by molar-refractivity contribution is -0.442. The predicted molar refractivity (Wildman–Crippen MR) is 220 cm³/mol. The topological polar surface area (TPSA) is 157 Å². The summed E-state index contributed by atoms with van der Waals surface area (Å²) in [7, 11) is -2.45. The number of aromatic nitrogens is 4. The van der Waals surface area contributed by atoms with Gasteiger partial charge in [-0.1, -0.05) is 86.1 Å². The molecule has 1 unspecified atom stereocenters. The van der Waals surface area contributed by atoms with Crippen molar-refractivity contribution in [2.75, 3.05) is 25.7 Å². The third-order valence-corrected chi connectivity index (χ3v) is 12.4. The summed E-state index contributed by atoms with van der Waals surface area (Å²) in [6.45, 7) is 6.92. The number of hydrogen-bond donors (Lipinski definition) is 2. The number of rotatable bonds is 16. The zero-order valence-electron chi connectivity index (χ0n) is 34.5. The number of methoxy groups -OCH3 is 1. The normalized spacial score (nSPS) is 23.8. The number of nitrogens with zero attached hydrogens (tertiary/aromatic N) is 4. The van der Waals surface area contributed by atoms with Crippen LogP contribution in [-0.2, 0) is 33.9 Å². The van der Waals surface area contributed by atoms with Gasteiger partial charge in [0.1, 0.15) is 23.4 Å². The number of nitrogens with one attached hydrogen (secondary N) is 2. The van der Waals surface area contributed by atoms with Gasteiger partial charge in [-0.25, -0.2) is 14.5 Å². The fraction of sp³-hybridized carbons (Fsp3) is 0.442. The largest absolute Gasteiger partial charge is 0.497 e. The molecule has 17 heteroatoms. The average molecular weight is 849 g/mol. The fourth-order valence-corrected chi connectivity index (χ4v) is 8.89. The van der Waals surface area contributed by atoms with E-state index in [2.05, 4.69) is 15.4 Å². The van der Waals surface area contributed by atoms with Crippen molar-refractivity contribution in [1.82, 2.24) is 24.6 Å². The predicted octanol–water partition coefficient (Wildman–Crippen LogP) is 8.78. The van der Waals surface area contributed by atoms with Gasteiger partial charge >= 0.3 is 12.0 Å². The Balaban J connectivity index is 1.21. The van der Waals surface area contributed by atoms with Gasteiger partial charge in [0.2, 0.25) is 11.8 Å². The van der Waals surface area contributed by atoms with E-state index in [1.165, 1.54) is 24.7 Å². The highest BCUT2D eigenvalue weighted by Gasteiger charge is 2.65. The highest BCUT2D eigenvalue weighted by Crippen LogP contribution is 2.55. The minimum absolute atomic E-state index is 0.0556. The number of ether oxygens (including phenoxy) is 4. The van der Waals surface area contributed by atoms with Crippen molar-refractivity contribution in [3.63, 3.8) is 0 Å². The smallest absolute Gasteiger partial charge is 0.355 e. The number of imidazole rings is 1. The first-order chi connectivity index (χ1) is 28.7. The van der Waals surface area contributed by atoms with Crippen molar-refractivity contribution in [2.45, 2.75) is 95.4 Å². The fourth-order valence-electron chi connectivity index (χ4n) is 7.80. The van der Waals surface area contributed by atoms with Crippen LogP contribution in [0.5, 0.6) is 11.6 Å². The lowest BCUT2D eigenvalue weighted by Gasteiger charge is -2.37. The van der Waals surface area contributed by atoms with Gasteiger partial charge in [0.25, 0.3) is 7.52 Å². The van der Waals surface area contributed by atoms with Gasteiger partial charge in [0.15, 0.2) is 23.1 Å². The Bertz CT molecular complexity index is 2260. The van der Waals surface area contributed by atoms with Crippen LogP contribution in [0.1, 0.15) is 82.7 Å². The van der Waals surface area contributed by atoms with Crippen molar-refractivity contribution in [3.8, 4) is 11.6 Å². The summed E-state index contributed by atoms with van der Waals surface area (Å²) < 4.78 is 76.2. The van der Waals surface area contributed by atoms with Crippen molar-refractivity contribution in [1.29, 1.82) is 0 Å². The van der Waals surface area contributed by atoms with E-state index in [4.69, 9.17) is 38.5 Å². The molecule has 2 N–H and O–H groups in total. The SMILES string of the molecule is CCOc1nc(NC(c2ccccc2)(c2ccccc2)c2ccc(OC)cc2)nc2c1ncn2[C@@H]1O[C@](F)(OOP(C)(=O)N[C@@H](C)C(=O)OC2CCCCC2)[C@@H](C)[C@@]1(C)F. The lowest BCUT2D eigenvalue weighted by Crippen LogP contribution is -2.40. The number of halogens is 2. The van der Waals surface area contributed by atoms with E-state index in [0.29, 0.717) is 5.75 Å². The van der Waals surface area contributed by atoms with Crippen molar-refractivity contribution < 1.29 is 46.6 Å². The summed E-state index contributed by atoms with van der Waals surface area (Å²) in [5.41, 5.74) is -0.863. The molecule has 3 heterocycles. The Morgan fingerprint density at radius 2 is 1.60 bits per heavy atom. The molecule has 320 valence electrons. The van der Waals surface area contributed by atoms with Crippen molar-refractivity contribution in [3.05, 3.63) is 108 Å². The molecule has 7 rings (SSSR count). The van der Waals surface area contributed by atoms with Crippen LogP contribution in [0.25, 0.3) is 11.2 Å². The minimum Gasteiger partial charge on any atom is -0.497 e. The second-order valence-electron chi connectivity index (χ2n) is 15.4. The standard InChI is InChI=1S/C43H51F2N6O8P/c1-7-55-37-35-36(47-40(48-37)49-42(30-17-11-8-12-18-30,31-19-13-9-14-20-31)32-23-25-33(54-5)26-24-32)51(27-46-35)39-41(4,44)29(3)43(45,57-39)58-59-60(6,53)50-28(2)38(52)56-34-21-15-10-16-22-34/h8-9,11-14,17-20,23-29,34,39H,7,10,15-16,21-22H2,1-6H3,(H,50,53)(H,47,48,49)/t28-,29-,39+,41+,43-,60?/m0/s1. The number of carbonyl (C=O) groups is 1. The molecule has 14 nitrogen and oxygen atoms in total. The lowest BCUT2D eigenvalue weighted by atomic mass is 9.77. The molecule has 3 aromatic carbocycles. The average Bonchev–Trinajstić information content (AvgIpc) is 3.75. The van der Waals surface area contributed by atoms with Crippen LogP contribution >= 0.6 is 7.52 Å². The Kier molecular flexibility index (Phi) is 12.6. The first kappa shape index (κ1) is 43.1. The molecule has 0 bridgehead atoms. The molecule has 6 atom stereocenters. The molecule has 1 saturated heterocycles. The molecule has 5 aromatic rings. The minimum atomic E-state index is -4.05. The van der Waals surface area contributed by atoms with Gasteiger partial charge in [-0.15, -0.1) is 0 Å². The van der Waals surface area contributed by atoms with E-state index in [1.54, 1.807) is 14.0 Å². The number of hydrogen-bond acceptors (Lipinski definition) is 12. The van der Waals surface area contributed by atoms with Crippen LogP contribution in [0.4, 0.5) is 14.7 Å². The summed E-state index contributed by atoms with van der Waals surface area (Å²) in [5, 5.41) is 6.13. The molecule has 0 spiro atoms. The van der Waals surface area contributed by atoms with E-state index in [1.807, 2.05) is 84.9 Å². The Hall–Kier alpha value is -4.99. The summed E-state index contributed by atoms with van der Waals surface area (Å²) in [4.78, 5) is 31.9. The third-order valence-electron chi connectivity index (χ3n) is 11.2. The van der Waals surface area contributed by atoms with Crippen LogP contribution in [-0.4, -0.2) is 69.7 Å². The summed E-state index contributed by atoms with van der Waals surface area (Å²) in [6, 6.07) is 22.8. The summed E-state index contributed by atoms with van der Waals surface area (Å²) in [6.07, 6.45) is 3.78. The molecule has 2 fully saturated rings. The zero-order valence-corrected chi connectivity index (χ0v) is 35.4. The van der Waals surface area contributed by atoms with E-state index >= 15 is 8.78 Å². The molecular weight excluding hydrogens is 797 g/mol. The molecule has 0 radical (unpaired) electrons. The quantitative estimate of drug-likeness (QED) is 0.0320. The number of carbonyl (C=O) groups excluding carboxylic acids is 1. The van der Waals surface area contributed by atoms with Crippen LogP contribution in [0.3, 0.4) is 0 Å². The number of anilines is 1. The van der Waals surface area contributed by atoms with E-state index in [-0.39, 0.29) is 35.7 Å². The van der Waals surface area contributed by atoms with Gasteiger partial charge in [-0.3, -0.25) is 18.7 Å². The van der Waals surface area contributed by atoms with E-state index in [0.717, 1.165) is 62.4 Å². The van der Waals surface area contributed by atoms with Gasteiger partial charge in [0.05, 0.1) is 26.0 Å². The second-order valence-corrected chi connectivity index (χ2v) is 17.5. The van der Waals surface area contributed by atoms with Gasteiger partial charge in [-0.2, -0.15) is 23.9 Å². The number of alkyl halides is 2. The second kappa shape index (κ2) is 17.5. The number of fused-ring (bicyclic) bond motifs is 1. The molecule has 1 aliphatic carbocycles. The maximum Gasteiger partial charge on any atom is 0.355 e. The Morgan fingerprint density at radius 1 is 0.983 bits per heavy atom. The van der Waals surface area contributed by atoms with Crippen molar-refractivity contribution in [2.24, 2.45) is 5.92 Å². The first-order valence-electron chi connectivity index (χ1n) is 20.1. The van der Waals surface area contributed by atoms with Crippen LogP contribution < -0.4 is 19.9 Å². The highest BCUT2D eigenvalue weighted by atomic mass is 31.2. The molecule has 0 amide bonds. The molecule has 2 aromatic heterocycles. The van der Waals surface area contributed by atoms with Crippen molar-refractivity contribution >= 4 is 30.6 Å². The van der Waals surface area contributed by atoms with Crippen LogP contribution in [0.2, 0.25) is 0 Å². The third kappa shape index (κ3) is 8.62. The van der Waals surface area contributed by atoms with Crippen LogP contribution in [0.15, 0.2) is 91.3 Å². The monoisotopic (exact) mass is 848 g/mol. The first-order valence-corrected chi connectivity index (χ1v) is 22.2. The van der Waals surface area contributed by atoms with Gasteiger partial charge in [-0.05, 0) is 75.3 Å². The van der Waals surface area contributed by atoms with E-state index in [9.17, 15) is 9.36 Å². The maximum atomic E-state index is 17.0. The van der Waals surface area contributed by atoms with Gasteiger partial charge < -0.3 is 19.5 Å². The summed E-state index contributed by atoms with van der Waals surface area (Å²) in [5.74, 6) is -1.46. The Labute approximate surface area is 347 Å². The molecule has 1 aliphatic heterocycles.